The molecule has 2 aliphatic rings. The number of unbranched alkanes of at least 4 members (excludes halogenated alkanes) is 1. The molecule has 3 heteroatoms. The fourth-order valence-corrected chi connectivity index (χ4v) is 6.28. The zero-order valence-corrected chi connectivity index (χ0v) is 19.2. The Hall–Kier alpha value is -1.77. The van der Waals surface area contributed by atoms with Gasteiger partial charge in [0.15, 0.2) is 17.5 Å². The predicted octanol–water partition coefficient (Wildman–Crippen LogP) is 9.26. The van der Waals surface area contributed by atoms with Crippen molar-refractivity contribution >= 4 is 0 Å². The minimum Gasteiger partial charge on any atom is -0.204 e. The molecular weight excluding hydrogens is 405 g/mol. The lowest BCUT2D eigenvalue weighted by atomic mass is 9.68. The quantitative estimate of drug-likeness (QED) is 0.282. The third-order valence-electron chi connectivity index (χ3n) is 8.03. The molecule has 0 N–H and O–H groups in total. The van der Waals surface area contributed by atoms with Crippen molar-refractivity contribution in [2.45, 2.75) is 89.9 Å². The van der Waals surface area contributed by atoms with Crippen molar-refractivity contribution in [3.05, 3.63) is 59.4 Å². The smallest absolute Gasteiger partial charge is 0.194 e. The summed E-state index contributed by atoms with van der Waals surface area (Å²) >= 11 is 0. The Labute approximate surface area is 191 Å². The van der Waals surface area contributed by atoms with Crippen molar-refractivity contribution in [3.8, 4) is 11.1 Å². The van der Waals surface area contributed by atoms with Gasteiger partial charge in [-0.25, -0.2) is 13.2 Å². The summed E-state index contributed by atoms with van der Waals surface area (Å²) in [6, 6.07) is 9.96. The summed E-state index contributed by atoms with van der Waals surface area (Å²) in [7, 11) is 0. The van der Waals surface area contributed by atoms with Crippen LogP contribution in [0.2, 0.25) is 0 Å². The Morgan fingerprint density at radius 2 is 1.19 bits per heavy atom. The molecule has 0 aromatic heterocycles. The molecule has 0 heterocycles. The molecule has 4 rings (SSSR count). The summed E-state index contributed by atoms with van der Waals surface area (Å²) in [6.45, 7) is 0. The standard InChI is InChI=1S/C29H37F3/c30-27-19-25(20-28(31)29(27)32)22-17-15-21(16-18-22)9-7-8-14-26(23-10-3-1-4-11-23)24-12-5-2-6-13-24/h15-20,23-24,26H,1-14H2. The zero-order chi connectivity index (χ0) is 22.3. The first-order valence-corrected chi connectivity index (χ1v) is 12.9. The molecule has 2 fully saturated rings. The van der Waals surface area contributed by atoms with Crippen LogP contribution < -0.4 is 0 Å². The molecule has 2 aromatic rings. The number of halogens is 3. The second-order valence-corrected chi connectivity index (χ2v) is 10.2. The molecule has 2 aromatic carbocycles. The van der Waals surface area contributed by atoms with Crippen LogP contribution in [0.1, 0.15) is 89.0 Å². The van der Waals surface area contributed by atoms with Crippen LogP contribution in [-0.2, 0) is 6.42 Å². The molecule has 2 saturated carbocycles. The van der Waals surface area contributed by atoms with Gasteiger partial charge in [-0.2, -0.15) is 0 Å². The van der Waals surface area contributed by atoms with E-state index < -0.39 is 17.5 Å². The highest BCUT2D eigenvalue weighted by molar-refractivity contribution is 5.63. The van der Waals surface area contributed by atoms with E-state index in [-0.39, 0.29) is 0 Å². The molecule has 0 unspecified atom stereocenters. The zero-order valence-electron chi connectivity index (χ0n) is 19.2. The maximum Gasteiger partial charge on any atom is 0.194 e. The van der Waals surface area contributed by atoms with Crippen molar-refractivity contribution in [1.29, 1.82) is 0 Å². The van der Waals surface area contributed by atoms with Crippen LogP contribution in [0.5, 0.6) is 0 Å². The highest BCUT2D eigenvalue weighted by Crippen LogP contribution is 2.42. The summed E-state index contributed by atoms with van der Waals surface area (Å²) in [6.07, 6.45) is 19.3. The molecule has 2 aliphatic carbocycles. The van der Waals surface area contributed by atoms with E-state index in [1.165, 1.54) is 89.0 Å². The second kappa shape index (κ2) is 11.4. The van der Waals surface area contributed by atoms with Gasteiger partial charge in [-0.3, -0.25) is 0 Å². The highest BCUT2D eigenvalue weighted by atomic mass is 19.2. The van der Waals surface area contributed by atoms with Crippen LogP contribution in [0.3, 0.4) is 0 Å². The molecule has 0 spiro atoms. The Morgan fingerprint density at radius 3 is 1.72 bits per heavy atom. The average Bonchev–Trinajstić information content (AvgIpc) is 2.84. The van der Waals surface area contributed by atoms with E-state index in [9.17, 15) is 13.2 Å². The van der Waals surface area contributed by atoms with Crippen LogP contribution in [0.4, 0.5) is 13.2 Å². The van der Waals surface area contributed by atoms with E-state index in [1.54, 1.807) is 0 Å². The fraction of sp³-hybridized carbons (Fsp3) is 0.586. The van der Waals surface area contributed by atoms with E-state index >= 15 is 0 Å². The SMILES string of the molecule is Fc1cc(-c2ccc(CCCCC(C3CCCCC3)C3CCCCC3)cc2)cc(F)c1F. The van der Waals surface area contributed by atoms with Crippen LogP contribution in [0.25, 0.3) is 11.1 Å². The first-order valence-electron chi connectivity index (χ1n) is 12.9. The van der Waals surface area contributed by atoms with Gasteiger partial charge in [0.25, 0.3) is 0 Å². The molecular formula is C29H37F3. The minimum absolute atomic E-state index is 0.371. The largest absolute Gasteiger partial charge is 0.204 e. The summed E-state index contributed by atoms with van der Waals surface area (Å²) in [5.74, 6) is -0.847. The Kier molecular flexibility index (Phi) is 8.32. The number of aryl methyl sites for hydroxylation is 1. The lowest BCUT2D eigenvalue weighted by molar-refractivity contribution is 0.132. The maximum atomic E-state index is 13.5. The van der Waals surface area contributed by atoms with Gasteiger partial charge in [0.05, 0.1) is 0 Å². The third kappa shape index (κ3) is 5.97. The van der Waals surface area contributed by atoms with E-state index in [1.807, 2.05) is 24.3 Å². The van der Waals surface area contributed by atoms with Gasteiger partial charge in [0, 0.05) is 0 Å². The van der Waals surface area contributed by atoms with Gasteiger partial charge in [0.2, 0.25) is 0 Å². The first-order chi connectivity index (χ1) is 15.6. The number of rotatable bonds is 8. The third-order valence-corrected chi connectivity index (χ3v) is 8.03. The van der Waals surface area contributed by atoms with Crippen molar-refractivity contribution in [3.63, 3.8) is 0 Å². The van der Waals surface area contributed by atoms with Crippen LogP contribution in [0, 0.1) is 35.2 Å². The van der Waals surface area contributed by atoms with E-state index in [2.05, 4.69) is 0 Å². The monoisotopic (exact) mass is 442 g/mol. The van der Waals surface area contributed by atoms with E-state index in [0.29, 0.717) is 11.1 Å². The lowest BCUT2D eigenvalue weighted by Crippen LogP contribution is -2.27. The molecule has 0 aliphatic heterocycles. The molecule has 0 saturated heterocycles. The van der Waals surface area contributed by atoms with Gasteiger partial charge in [-0.1, -0.05) is 94.9 Å². The molecule has 0 nitrogen and oxygen atoms in total. The topological polar surface area (TPSA) is 0 Å². The Bertz CT molecular complexity index is 804. The second-order valence-electron chi connectivity index (χ2n) is 10.2. The molecule has 0 amide bonds. The first kappa shape index (κ1) is 23.4. The maximum absolute atomic E-state index is 13.5. The summed E-state index contributed by atoms with van der Waals surface area (Å²) < 4.78 is 40.3. The van der Waals surface area contributed by atoms with Gasteiger partial charge < -0.3 is 0 Å². The van der Waals surface area contributed by atoms with E-state index in [4.69, 9.17) is 0 Å². The predicted molar refractivity (Wildman–Crippen MR) is 126 cm³/mol. The van der Waals surface area contributed by atoms with Crippen molar-refractivity contribution < 1.29 is 13.2 Å². The Morgan fingerprint density at radius 1 is 0.656 bits per heavy atom. The Balaban J connectivity index is 1.30. The number of benzene rings is 2. The summed E-state index contributed by atoms with van der Waals surface area (Å²) in [5.41, 5.74) is 2.33. The summed E-state index contributed by atoms with van der Waals surface area (Å²) in [4.78, 5) is 0. The van der Waals surface area contributed by atoms with Crippen LogP contribution in [-0.4, -0.2) is 0 Å². The van der Waals surface area contributed by atoms with Gasteiger partial charge in [0.1, 0.15) is 0 Å². The number of hydrogen-bond acceptors (Lipinski definition) is 0. The minimum atomic E-state index is -1.41. The van der Waals surface area contributed by atoms with Crippen LogP contribution in [0.15, 0.2) is 36.4 Å². The normalized spacial score (nSPS) is 18.4. The molecule has 0 bridgehead atoms. The lowest BCUT2D eigenvalue weighted by Gasteiger charge is -2.38. The van der Waals surface area contributed by atoms with Crippen molar-refractivity contribution in [2.75, 3.05) is 0 Å². The average molecular weight is 443 g/mol. The van der Waals surface area contributed by atoms with Crippen molar-refractivity contribution in [1.82, 2.24) is 0 Å². The van der Waals surface area contributed by atoms with E-state index in [0.717, 1.165) is 36.3 Å². The molecule has 0 radical (unpaired) electrons. The summed E-state index contributed by atoms with van der Waals surface area (Å²) in [5, 5.41) is 0. The highest BCUT2D eigenvalue weighted by Gasteiger charge is 2.30. The molecule has 0 atom stereocenters. The fourth-order valence-electron chi connectivity index (χ4n) is 6.28. The van der Waals surface area contributed by atoms with Crippen molar-refractivity contribution in [2.24, 2.45) is 17.8 Å². The van der Waals surface area contributed by atoms with Gasteiger partial charge in [-0.05, 0) is 65.8 Å². The van der Waals surface area contributed by atoms with Gasteiger partial charge in [-0.15, -0.1) is 0 Å². The molecule has 174 valence electrons. The van der Waals surface area contributed by atoms with Gasteiger partial charge >= 0.3 is 0 Å². The number of hydrogen-bond donors (Lipinski definition) is 0. The molecule has 32 heavy (non-hydrogen) atoms. The van der Waals surface area contributed by atoms with Crippen LogP contribution >= 0.6 is 0 Å².